The second kappa shape index (κ2) is 4.90. The Kier molecular flexibility index (Phi) is 3.60. The van der Waals surface area contributed by atoms with Crippen molar-refractivity contribution in [1.29, 1.82) is 0 Å². The third-order valence-corrected chi connectivity index (χ3v) is 4.88. The van der Waals surface area contributed by atoms with Crippen LogP contribution in [0.2, 0.25) is 5.02 Å². The molecular formula is C11H13ClN4O2S. The van der Waals surface area contributed by atoms with Gasteiger partial charge in [-0.15, -0.1) is 16.4 Å². The van der Waals surface area contributed by atoms with E-state index in [1.54, 1.807) is 13.8 Å². The van der Waals surface area contributed by atoms with Crippen molar-refractivity contribution in [2.45, 2.75) is 32.7 Å². The van der Waals surface area contributed by atoms with Gasteiger partial charge in [0.15, 0.2) is 11.4 Å². The van der Waals surface area contributed by atoms with Crippen molar-refractivity contribution in [2.24, 2.45) is 0 Å². The fourth-order valence-electron chi connectivity index (χ4n) is 1.63. The summed E-state index contributed by atoms with van der Waals surface area (Å²) < 4.78 is 1.33. The van der Waals surface area contributed by atoms with Crippen LogP contribution in [0.1, 0.15) is 25.8 Å². The molecule has 0 bridgehead atoms. The van der Waals surface area contributed by atoms with Crippen LogP contribution in [-0.2, 0) is 10.3 Å². The van der Waals surface area contributed by atoms with Crippen molar-refractivity contribution in [3.8, 4) is 10.7 Å². The van der Waals surface area contributed by atoms with E-state index >= 15 is 0 Å². The Balaban J connectivity index is 2.61. The molecule has 6 nitrogen and oxygen atoms in total. The number of tetrazole rings is 1. The Bertz CT molecular complexity index is 624. The molecule has 0 aliphatic carbocycles. The van der Waals surface area contributed by atoms with Gasteiger partial charge in [0, 0.05) is 0 Å². The van der Waals surface area contributed by atoms with Gasteiger partial charge in [-0.1, -0.05) is 18.5 Å². The summed E-state index contributed by atoms with van der Waals surface area (Å²) in [6.45, 7) is 5.25. The molecule has 0 spiro atoms. The molecule has 19 heavy (non-hydrogen) atoms. The molecule has 0 aliphatic rings. The van der Waals surface area contributed by atoms with Crippen molar-refractivity contribution >= 4 is 28.9 Å². The second-order valence-corrected chi connectivity index (χ2v) is 5.67. The monoisotopic (exact) mass is 300 g/mol. The Morgan fingerprint density at radius 3 is 2.79 bits per heavy atom. The quantitative estimate of drug-likeness (QED) is 0.938. The lowest BCUT2D eigenvalue weighted by atomic mass is 9.99. The number of carboxylic acid groups (broad SMARTS) is 1. The molecule has 0 saturated heterocycles. The van der Waals surface area contributed by atoms with Crippen LogP contribution in [0.25, 0.3) is 10.7 Å². The molecular weight excluding hydrogens is 288 g/mol. The Morgan fingerprint density at radius 1 is 1.63 bits per heavy atom. The highest BCUT2D eigenvalue weighted by atomic mass is 35.5. The Morgan fingerprint density at radius 2 is 2.32 bits per heavy atom. The largest absolute Gasteiger partial charge is 0.479 e. The Labute approximate surface area is 119 Å². The lowest BCUT2D eigenvalue weighted by Crippen LogP contribution is -2.39. The molecule has 1 atom stereocenters. The number of carbonyl (C=O) groups is 1. The van der Waals surface area contributed by atoms with E-state index in [1.807, 2.05) is 12.3 Å². The lowest BCUT2D eigenvalue weighted by molar-refractivity contribution is -0.147. The first-order valence-electron chi connectivity index (χ1n) is 5.68. The summed E-state index contributed by atoms with van der Waals surface area (Å²) in [5.41, 5.74) is -0.273. The number of hydrogen-bond acceptors (Lipinski definition) is 5. The van der Waals surface area contributed by atoms with Gasteiger partial charge < -0.3 is 5.11 Å². The van der Waals surface area contributed by atoms with E-state index in [9.17, 15) is 9.90 Å². The fourth-order valence-corrected chi connectivity index (χ4v) is 2.88. The zero-order valence-electron chi connectivity index (χ0n) is 10.7. The summed E-state index contributed by atoms with van der Waals surface area (Å²) in [6, 6.07) is 0. The van der Waals surface area contributed by atoms with Crippen LogP contribution in [-0.4, -0.2) is 31.3 Å². The van der Waals surface area contributed by atoms with Crippen LogP contribution in [0.4, 0.5) is 0 Å². The van der Waals surface area contributed by atoms with Gasteiger partial charge in [0.05, 0.1) is 9.90 Å². The number of aryl methyl sites for hydroxylation is 1. The van der Waals surface area contributed by atoms with Gasteiger partial charge in [-0.3, -0.25) is 0 Å². The van der Waals surface area contributed by atoms with E-state index < -0.39 is 11.5 Å². The zero-order valence-corrected chi connectivity index (χ0v) is 12.3. The lowest BCUT2D eigenvalue weighted by Gasteiger charge is -2.23. The normalized spacial score (nSPS) is 14.3. The molecule has 0 fully saturated rings. The maximum atomic E-state index is 11.5. The van der Waals surface area contributed by atoms with Crippen molar-refractivity contribution in [3.05, 3.63) is 16.0 Å². The van der Waals surface area contributed by atoms with Gasteiger partial charge >= 0.3 is 5.97 Å². The molecule has 0 radical (unpaired) electrons. The zero-order chi connectivity index (χ0) is 14.2. The minimum Gasteiger partial charge on any atom is -0.479 e. The predicted octanol–water partition coefficient (Wildman–Crippen LogP) is 2.57. The van der Waals surface area contributed by atoms with Crippen molar-refractivity contribution in [2.75, 3.05) is 0 Å². The van der Waals surface area contributed by atoms with Crippen LogP contribution < -0.4 is 0 Å². The van der Waals surface area contributed by atoms with Gasteiger partial charge in [-0.25, -0.2) is 9.48 Å². The van der Waals surface area contributed by atoms with E-state index in [0.717, 1.165) is 5.56 Å². The molecule has 8 heteroatoms. The average molecular weight is 301 g/mol. The molecule has 2 heterocycles. The molecule has 102 valence electrons. The van der Waals surface area contributed by atoms with Gasteiger partial charge in [0.2, 0.25) is 0 Å². The highest BCUT2D eigenvalue weighted by Crippen LogP contribution is 2.37. The molecule has 2 aromatic heterocycles. The third kappa shape index (κ3) is 2.12. The van der Waals surface area contributed by atoms with E-state index in [4.69, 9.17) is 11.6 Å². The predicted molar refractivity (Wildman–Crippen MR) is 72.5 cm³/mol. The first-order valence-corrected chi connectivity index (χ1v) is 6.93. The minimum absolute atomic E-state index is 0.363. The number of halogens is 1. The maximum absolute atomic E-state index is 11.5. The number of thiophene rings is 1. The van der Waals surface area contributed by atoms with Crippen molar-refractivity contribution in [3.63, 3.8) is 0 Å². The summed E-state index contributed by atoms with van der Waals surface area (Å²) in [7, 11) is 0. The summed E-state index contributed by atoms with van der Waals surface area (Å²) in [5, 5.41) is 23.2. The van der Waals surface area contributed by atoms with Crippen molar-refractivity contribution in [1.82, 2.24) is 20.2 Å². The molecule has 0 aliphatic heterocycles. The topological polar surface area (TPSA) is 80.9 Å². The highest BCUT2D eigenvalue weighted by Gasteiger charge is 2.37. The van der Waals surface area contributed by atoms with Gasteiger partial charge in [-0.05, 0) is 41.6 Å². The van der Waals surface area contributed by atoms with Crippen LogP contribution in [0.15, 0.2) is 5.38 Å². The molecule has 1 unspecified atom stereocenters. The summed E-state index contributed by atoms with van der Waals surface area (Å²) >= 11 is 7.60. The molecule has 2 aromatic rings. The average Bonchev–Trinajstić information content (AvgIpc) is 2.97. The molecule has 0 aromatic carbocycles. The summed E-state index contributed by atoms with van der Waals surface area (Å²) in [5.74, 6) is -0.595. The Hall–Kier alpha value is -1.47. The van der Waals surface area contributed by atoms with Gasteiger partial charge in [0.1, 0.15) is 0 Å². The first-order chi connectivity index (χ1) is 8.91. The number of hydrogen-bond donors (Lipinski definition) is 1. The second-order valence-electron chi connectivity index (χ2n) is 4.41. The third-order valence-electron chi connectivity index (χ3n) is 3.19. The van der Waals surface area contributed by atoms with Gasteiger partial charge in [-0.2, -0.15) is 0 Å². The van der Waals surface area contributed by atoms with Crippen molar-refractivity contribution < 1.29 is 9.90 Å². The van der Waals surface area contributed by atoms with Gasteiger partial charge in [0.25, 0.3) is 0 Å². The number of carboxylic acids is 1. The fraction of sp³-hybridized carbons (Fsp3) is 0.455. The maximum Gasteiger partial charge on any atom is 0.331 e. The number of aromatic nitrogens is 4. The summed E-state index contributed by atoms with van der Waals surface area (Å²) in [6.07, 6.45) is 0.363. The van der Waals surface area contributed by atoms with Crippen LogP contribution in [0.3, 0.4) is 0 Å². The molecule has 1 N–H and O–H groups in total. The standard InChI is InChI=1S/C11H13ClN4O2S/c1-4-11(3,10(17)18)16-9(13-14-15-16)8-7(12)6(2)5-19-8/h5H,4H2,1-3H3,(H,17,18). The van der Waals surface area contributed by atoms with E-state index in [0.29, 0.717) is 22.1 Å². The number of rotatable bonds is 4. The van der Waals surface area contributed by atoms with E-state index in [1.165, 1.54) is 16.0 Å². The molecule has 2 rings (SSSR count). The number of nitrogens with zero attached hydrogens (tertiary/aromatic N) is 4. The number of aliphatic carboxylic acids is 1. The van der Waals surface area contributed by atoms with Crippen LogP contribution in [0, 0.1) is 6.92 Å². The van der Waals surface area contributed by atoms with Crippen LogP contribution in [0.5, 0.6) is 0 Å². The molecule has 0 saturated carbocycles. The highest BCUT2D eigenvalue weighted by molar-refractivity contribution is 7.14. The van der Waals surface area contributed by atoms with Crippen LogP contribution >= 0.6 is 22.9 Å². The summed E-state index contributed by atoms with van der Waals surface area (Å²) in [4.78, 5) is 12.2. The smallest absolute Gasteiger partial charge is 0.331 e. The van der Waals surface area contributed by atoms with E-state index in [2.05, 4.69) is 15.5 Å². The molecule has 0 amide bonds. The first kappa shape index (κ1) is 14.0. The minimum atomic E-state index is -1.19. The SMILES string of the molecule is CCC(C)(C(=O)O)n1nnnc1-c1scc(C)c1Cl. The van der Waals surface area contributed by atoms with E-state index in [-0.39, 0.29) is 0 Å².